The van der Waals surface area contributed by atoms with Gasteiger partial charge in [-0.15, -0.1) is 0 Å². The zero-order valence-electron chi connectivity index (χ0n) is 17.5. The number of carbonyl (C=O) groups excluding carboxylic acids is 1. The molecule has 2 atom stereocenters. The molecule has 1 amide bonds. The van der Waals surface area contributed by atoms with Gasteiger partial charge in [-0.2, -0.15) is 4.31 Å². The second kappa shape index (κ2) is 9.91. The number of ether oxygens (including phenoxy) is 1. The van der Waals surface area contributed by atoms with E-state index in [-0.39, 0.29) is 23.3 Å². The van der Waals surface area contributed by atoms with Crippen molar-refractivity contribution in [1.82, 2.24) is 14.5 Å². The zero-order valence-corrected chi connectivity index (χ0v) is 18.3. The molecule has 1 aromatic rings. The summed E-state index contributed by atoms with van der Waals surface area (Å²) < 4.78 is 32.5. The molecule has 1 aromatic carbocycles. The Kier molecular flexibility index (Phi) is 7.54. The average Bonchev–Trinajstić information content (AvgIpc) is 3.25. The van der Waals surface area contributed by atoms with Crippen molar-refractivity contribution >= 4 is 15.9 Å². The van der Waals surface area contributed by atoms with E-state index in [1.807, 2.05) is 0 Å². The minimum absolute atomic E-state index is 0.0343. The first-order valence-electron chi connectivity index (χ1n) is 10.5. The van der Waals surface area contributed by atoms with Gasteiger partial charge in [0.15, 0.2) is 0 Å². The number of hydrogen-bond donors (Lipinski definition) is 1. The van der Waals surface area contributed by atoms with Crippen LogP contribution >= 0.6 is 0 Å². The monoisotopic (exact) mass is 423 g/mol. The molecule has 7 nitrogen and oxygen atoms in total. The van der Waals surface area contributed by atoms with Gasteiger partial charge in [-0.25, -0.2) is 8.42 Å². The first kappa shape index (κ1) is 22.1. The van der Waals surface area contributed by atoms with E-state index >= 15 is 0 Å². The maximum absolute atomic E-state index is 13.0. The molecule has 2 aliphatic heterocycles. The third-order valence-corrected chi connectivity index (χ3v) is 7.72. The van der Waals surface area contributed by atoms with Gasteiger partial charge < -0.3 is 15.0 Å². The van der Waals surface area contributed by atoms with Crippen LogP contribution in [0.3, 0.4) is 0 Å². The molecule has 2 saturated heterocycles. The highest BCUT2D eigenvalue weighted by Gasteiger charge is 2.33. The minimum Gasteiger partial charge on any atom is -0.497 e. The van der Waals surface area contributed by atoms with Crippen LogP contribution in [0.15, 0.2) is 29.2 Å². The first-order valence-corrected chi connectivity index (χ1v) is 12.0. The summed E-state index contributed by atoms with van der Waals surface area (Å²) in [7, 11) is -2.06. The van der Waals surface area contributed by atoms with Crippen molar-refractivity contribution in [2.45, 2.75) is 37.5 Å². The lowest BCUT2D eigenvalue weighted by atomic mass is 9.98. The number of benzene rings is 1. The van der Waals surface area contributed by atoms with Gasteiger partial charge in [-0.3, -0.25) is 4.79 Å². The largest absolute Gasteiger partial charge is 0.497 e. The lowest BCUT2D eigenvalue weighted by molar-refractivity contribution is -0.126. The molecule has 3 rings (SSSR count). The number of methoxy groups -OCH3 is 1. The molecule has 162 valence electrons. The third kappa shape index (κ3) is 5.71. The van der Waals surface area contributed by atoms with Crippen LogP contribution in [0.2, 0.25) is 0 Å². The fraction of sp³-hybridized carbons (Fsp3) is 0.667. The molecule has 2 fully saturated rings. The van der Waals surface area contributed by atoms with Crippen LogP contribution in [0.4, 0.5) is 0 Å². The number of nitrogens with one attached hydrogen (secondary N) is 1. The Bertz CT molecular complexity index is 776. The fourth-order valence-electron chi connectivity index (χ4n) is 4.16. The van der Waals surface area contributed by atoms with E-state index in [2.05, 4.69) is 17.1 Å². The van der Waals surface area contributed by atoms with Gasteiger partial charge in [-0.1, -0.05) is 6.92 Å². The Hall–Kier alpha value is -1.64. The van der Waals surface area contributed by atoms with Crippen molar-refractivity contribution in [3.05, 3.63) is 24.3 Å². The van der Waals surface area contributed by atoms with Crippen LogP contribution in [0.1, 0.15) is 32.6 Å². The van der Waals surface area contributed by atoms with Crippen molar-refractivity contribution in [1.29, 1.82) is 0 Å². The predicted molar refractivity (Wildman–Crippen MR) is 112 cm³/mol. The minimum atomic E-state index is -3.61. The zero-order chi connectivity index (χ0) is 20.9. The predicted octanol–water partition coefficient (Wildman–Crippen LogP) is 1.94. The Balaban J connectivity index is 1.53. The second-order valence-corrected chi connectivity index (χ2v) is 10.2. The van der Waals surface area contributed by atoms with Crippen LogP contribution in [0.5, 0.6) is 5.75 Å². The SMILES string of the molecule is COc1ccc(S(=O)(=O)N2CCC[C@H](C(=O)NC[C@@H](C)CN3CCCC3)C2)cc1. The number of amides is 1. The fourth-order valence-corrected chi connectivity index (χ4v) is 5.69. The summed E-state index contributed by atoms with van der Waals surface area (Å²) in [6.45, 7) is 6.78. The summed E-state index contributed by atoms with van der Waals surface area (Å²) in [5.41, 5.74) is 0. The Labute approximate surface area is 174 Å². The van der Waals surface area contributed by atoms with Gasteiger partial charge in [0.05, 0.1) is 17.9 Å². The molecule has 0 radical (unpaired) electrons. The van der Waals surface area contributed by atoms with Gasteiger partial charge in [0.1, 0.15) is 5.75 Å². The van der Waals surface area contributed by atoms with Crippen LogP contribution < -0.4 is 10.1 Å². The topological polar surface area (TPSA) is 79.0 Å². The standard InChI is InChI=1S/C21H33N3O4S/c1-17(15-23-11-3-4-12-23)14-22-21(25)18-6-5-13-24(16-18)29(26,27)20-9-7-19(28-2)8-10-20/h7-10,17-18H,3-6,11-16H2,1-2H3,(H,22,25)/t17-,18+/m1/s1. The lowest BCUT2D eigenvalue weighted by Crippen LogP contribution is -2.46. The number of hydrogen-bond acceptors (Lipinski definition) is 5. The summed E-state index contributed by atoms with van der Waals surface area (Å²) in [4.78, 5) is 15.3. The Morgan fingerprint density at radius 3 is 2.52 bits per heavy atom. The van der Waals surface area contributed by atoms with Crippen LogP contribution in [-0.2, 0) is 14.8 Å². The number of rotatable bonds is 8. The average molecular weight is 424 g/mol. The van der Waals surface area contributed by atoms with Gasteiger partial charge in [0, 0.05) is 26.2 Å². The van der Waals surface area contributed by atoms with E-state index < -0.39 is 10.0 Å². The van der Waals surface area contributed by atoms with Gasteiger partial charge in [0.2, 0.25) is 15.9 Å². The summed E-state index contributed by atoms with van der Waals surface area (Å²) in [5.74, 6) is 0.673. The van der Waals surface area contributed by atoms with Crippen molar-refractivity contribution in [3.63, 3.8) is 0 Å². The van der Waals surface area contributed by atoms with Crippen LogP contribution in [0.25, 0.3) is 0 Å². The Morgan fingerprint density at radius 2 is 1.86 bits per heavy atom. The van der Waals surface area contributed by atoms with Crippen LogP contribution in [0, 0.1) is 11.8 Å². The van der Waals surface area contributed by atoms with Gasteiger partial charge >= 0.3 is 0 Å². The number of carbonyl (C=O) groups is 1. The molecular weight excluding hydrogens is 390 g/mol. The highest BCUT2D eigenvalue weighted by Crippen LogP contribution is 2.25. The second-order valence-electron chi connectivity index (χ2n) is 8.24. The molecule has 0 bridgehead atoms. The molecule has 0 spiro atoms. The van der Waals surface area contributed by atoms with Crippen LogP contribution in [-0.4, -0.2) is 69.9 Å². The molecule has 0 aliphatic carbocycles. The Morgan fingerprint density at radius 1 is 1.17 bits per heavy atom. The molecule has 2 heterocycles. The number of nitrogens with zero attached hydrogens (tertiary/aromatic N) is 2. The summed E-state index contributed by atoms with van der Waals surface area (Å²) >= 11 is 0. The molecule has 0 saturated carbocycles. The quantitative estimate of drug-likeness (QED) is 0.691. The normalized spacial score (nSPS) is 22.3. The van der Waals surface area contributed by atoms with E-state index in [4.69, 9.17) is 4.74 Å². The van der Waals surface area contributed by atoms with E-state index in [1.165, 1.54) is 17.1 Å². The summed E-state index contributed by atoms with van der Waals surface area (Å²) in [6.07, 6.45) is 3.94. The number of sulfonamides is 1. The smallest absolute Gasteiger partial charge is 0.243 e. The van der Waals surface area contributed by atoms with Crippen molar-refractivity contribution in [2.24, 2.45) is 11.8 Å². The third-order valence-electron chi connectivity index (χ3n) is 5.85. The van der Waals surface area contributed by atoms with Gasteiger partial charge in [0.25, 0.3) is 0 Å². The van der Waals surface area contributed by atoms with E-state index in [1.54, 1.807) is 31.4 Å². The summed E-state index contributed by atoms with van der Waals surface area (Å²) in [5, 5.41) is 3.05. The molecular formula is C21H33N3O4S. The molecule has 29 heavy (non-hydrogen) atoms. The number of likely N-dealkylation sites (tertiary alicyclic amines) is 1. The van der Waals surface area contributed by atoms with Crippen molar-refractivity contribution in [3.8, 4) is 5.75 Å². The molecule has 0 aromatic heterocycles. The van der Waals surface area contributed by atoms with E-state index in [0.717, 1.165) is 26.1 Å². The van der Waals surface area contributed by atoms with Crippen molar-refractivity contribution < 1.29 is 17.9 Å². The van der Waals surface area contributed by atoms with E-state index in [9.17, 15) is 13.2 Å². The lowest BCUT2D eigenvalue weighted by Gasteiger charge is -2.31. The van der Waals surface area contributed by atoms with Crippen molar-refractivity contribution in [2.75, 3.05) is 46.4 Å². The maximum atomic E-state index is 13.0. The maximum Gasteiger partial charge on any atom is 0.243 e. The highest BCUT2D eigenvalue weighted by molar-refractivity contribution is 7.89. The molecule has 8 heteroatoms. The number of piperidine rings is 1. The highest BCUT2D eigenvalue weighted by atomic mass is 32.2. The molecule has 0 unspecified atom stereocenters. The van der Waals surface area contributed by atoms with Gasteiger partial charge in [-0.05, 0) is 69.0 Å². The van der Waals surface area contributed by atoms with E-state index in [0.29, 0.717) is 31.2 Å². The molecule has 2 aliphatic rings. The molecule has 1 N–H and O–H groups in total. The summed E-state index contributed by atoms with van der Waals surface area (Å²) in [6, 6.07) is 6.39. The first-order chi connectivity index (χ1) is 13.9.